The van der Waals surface area contributed by atoms with Gasteiger partial charge < -0.3 is 10.4 Å². The molecule has 1 amide bonds. The summed E-state index contributed by atoms with van der Waals surface area (Å²) in [6.07, 6.45) is 3.65. The van der Waals surface area contributed by atoms with Crippen LogP contribution in [0.1, 0.15) is 36.0 Å². The Labute approximate surface area is 118 Å². The van der Waals surface area contributed by atoms with E-state index in [1.54, 1.807) is 0 Å². The van der Waals surface area contributed by atoms with Crippen LogP contribution in [-0.2, 0) is 0 Å². The Balaban J connectivity index is 1.72. The third kappa shape index (κ3) is 2.68. The summed E-state index contributed by atoms with van der Waals surface area (Å²) in [7, 11) is 0. The van der Waals surface area contributed by atoms with E-state index in [-0.39, 0.29) is 5.91 Å². The number of hydrogen-bond acceptors (Lipinski definition) is 2. The van der Waals surface area contributed by atoms with Crippen molar-refractivity contribution in [2.24, 2.45) is 0 Å². The predicted molar refractivity (Wildman–Crippen MR) is 79.7 cm³/mol. The molecule has 1 aliphatic carbocycles. The van der Waals surface area contributed by atoms with Crippen molar-refractivity contribution in [2.45, 2.75) is 31.3 Å². The predicted octanol–water partition coefficient (Wildman–Crippen LogP) is 2.87. The number of aliphatic hydroxyl groups is 1. The molecule has 0 spiro atoms. The second-order valence-corrected chi connectivity index (χ2v) is 5.68. The molecule has 2 N–H and O–H groups in total. The minimum absolute atomic E-state index is 0.115. The maximum Gasteiger partial charge on any atom is 0.251 e. The van der Waals surface area contributed by atoms with Gasteiger partial charge in [0.25, 0.3) is 5.91 Å². The smallest absolute Gasteiger partial charge is 0.251 e. The van der Waals surface area contributed by atoms with Crippen LogP contribution in [0.5, 0.6) is 0 Å². The Bertz CT molecular complexity index is 630. The van der Waals surface area contributed by atoms with Gasteiger partial charge in [-0.15, -0.1) is 0 Å². The van der Waals surface area contributed by atoms with Gasteiger partial charge in [0.1, 0.15) is 0 Å². The Morgan fingerprint density at radius 1 is 1.10 bits per heavy atom. The molecule has 104 valence electrons. The normalized spacial score (nSPS) is 17.2. The van der Waals surface area contributed by atoms with Crippen LogP contribution in [0.15, 0.2) is 42.5 Å². The molecule has 2 aromatic rings. The summed E-state index contributed by atoms with van der Waals surface area (Å²) in [5.74, 6) is -0.115. The maximum absolute atomic E-state index is 12.2. The first-order chi connectivity index (χ1) is 9.66. The zero-order chi connectivity index (χ0) is 14.0. The molecule has 3 rings (SSSR count). The zero-order valence-corrected chi connectivity index (χ0v) is 11.4. The molecule has 2 aromatic carbocycles. The van der Waals surface area contributed by atoms with Crippen LogP contribution in [0, 0.1) is 0 Å². The average molecular weight is 269 g/mol. The van der Waals surface area contributed by atoms with Crippen LogP contribution < -0.4 is 5.32 Å². The maximum atomic E-state index is 12.2. The molecule has 0 aliphatic heterocycles. The quantitative estimate of drug-likeness (QED) is 0.900. The van der Waals surface area contributed by atoms with E-state index in [2.05, 4.69) is 5.32 Å². The largest absolute Gasteiger partial charge is 0.388 e. The number of benzene rings is 2. The lowest BCUT2D eigenvalue weighted by Crippen LogP contribution is -2.40. The highest BCUT2D eigenvalue weighted by molar-refractivity contribution is 5.98. The summed E-state index contributed by atoms with van der Waals surface area (Å²) >= 11 is 0. The van der Waals surface area contributed by atoms with E-state index in [4.69, 9.17) is 0 Å². The third-order valence-electron chi connectivity index (χ3n) is 4.12. The lowest BCUT2D eigenvalue weighted by atomic mass is 10.0. The third-order valence-corrected chi connectivity index (χ3v) is 4.12. The van der Waals surface area contributed by atoms with E-state index in [1.165, 1.54) is 0 Å². The Morgan fingerprint density at radius 2 is 1.80 bits per heavy atom. The van der Waals surface area contributed by atoms with Gasteiger partial charge in [-0.25, -0.2) is 0 Å². The van der Waals surface area contributed by atoms with Crippen LogP contribution in [-0.4, -0.2) is 23.2 Å². The van der Waals surface area contributed by atoms with Crippen molar-refractivity contribution < 1.29 is 9.90 Å². The summed E-state index contributed by atoms with van der Waals surface area (Å²) < 4.78 is 0. The molecule has 0 saturated heterocycles. The van der Waals surface area contributed by atoms with Gasteiger partial charge in [0.15, 0.2) is 0 Å². The summed E-state index contributed by atoms with van der Waals surface area (Å²) in [5, 5.41) is 15.3. The minimum Gasteiger partial charge on any atom is -0.388 e. The van der Waals surface area contributed by atoms with Gasteiger partial charge in [-0.2, -0.15) is 0 Å². The number of hydrogen-bond donors (Lipinski definition) is 2. The summed E-state index contributed by atoms with van der Waals surface area (Å²) in [4.78, 5) is 12.2. The van der Waals surface area contributed by atoms with Gasteiger partial charge >= 0.3 is 0 Å². The van der Waals surface area contributed by atoms with Crippen molar-refractivity contribution >= 4 is 16.7 Å². The second kappa shape index (κ2) is 5.25. The van der Waals surface area contributed by atoms with Crippen molar-refractivity contribution in [3.8, 4) is 0 Å². The number of carbonyl (C=O) groups is 1. The van der Waals surface area contributed by atoms with Crippen molar-refractivity contribution in [3.63, 3.8) is 0 Å². The van der Waals surface area contributed by atoms with E-state index in [9.17, 15) is 9.90 Å². The standard InChI is InChI=1S/C17H19NO2/c19-16(18-12-17(20)9-3-4-10-17)15-8-7-13-5-1-2-6-14(13)11-15/h1-2,5-8,11,20H,3-4,9-10,12H2,(H,18,19). The van der Waals surface area contributed by atoms with E-state index >= 15 is 0 Å². The first-order valence-corrected chi connectivity index (χ1v) is 7.16. The first kappa shape index (κ1) is 13.1. The fourth-order valence-electron chi connectivity index (χ4n) is 2.89. The highest BCUT2D eigenvalue weighted by Crippen LogP contribution is 2.28. The van der Waals surface area contributed by atoms with Crippen LogP contribution in [0.2, 0.25) is 0 Å². The molecular weight excluding hydrogens is 250 g/mol. The Morgan fingerprint density at radius 3 is 2.55 bits per heavy atom. The highest BCUT2D eigenvalue weighted by atomic mass is 16.3. The van der Waals surface area contributed by atoms with Crippen LogP contribution in [0.25, 0.3) is 10.8 Å². The molecule has 0 unspecified atom stereocenters. The molecule has 3 nitrogen and oxygen atoms in total. The number of carbonyl (C=O) groups excluding carboxylic acids is 1. The lowest BCUT2D eigenvalue weighted by Gasteiger charge is -2.22. The van der Waals surface area contributed by atoms with Gasteiger partial charge in [-0.1, -0.05) is 43.2 Å². The van der Waals surface area contributed by atoms with E-state index < -0.39 is 5.60 Å². The molecule has 0 bridgehead atoms. The summed E-state index contributed by atoms with van der Waals surface area (Å²) in [6, 6.07) is 13.6. The van der Waals surface area contributed by atoms with E-state index in [0.29, 0.717) is 12.1 Å². The van der Waals surface area contributed by atoms with Crippen molar-refractivity contribution in [1.82, 2.24) is 5.32 Å². The number of fused-ring (bicyclic) bond motifs is 1. The summed E-state index contributed by atoms with van der Waals surface area (Å²) in [5.41, 5.74) is -0.0581. The molecule has 1 saturated carbocycles. The Hall–Kier alpha value is -1.87. The molecule has 0 heterocycles. The van der Waals surface area contributed by atoms with Crippen molar-refractivity contribution in [2.75, 3.05) is 6.54 Å². The average Bonchev–Trinajstić information content (AvgIpc) is 2.91. The molecule has 20 heavy (non-hydrogen) atoms. The number of rotatable bonds is 3. The fraction of sp³-hybridized carbons (Fsp3) is 0.353. The number of amides is 1. The van der Waals surface area contributed by atoms with Gasteiger partial charge in [-0.3, -0.25) is 4.79 Å². The topological polar surface area (TPSA) is 49.3 Å². The molecule has 0 radical (unpaired) electrons. The van der Waals surface area contributed by atoms with Crippen molar-refractivity contribution in [1.29, 1.82) is 0 Å². The molecule has 0 aromatic heterocycles. The first-order valence-electron chi connectivity index (χ1n) is 7.16. The highest BCUT2D eigenvalue weighted by Gasteiger charge is 2.31. The van der Waals surface area contributed by atoms with Gasteiger partial charge in [0.05, 0.1) is 5.60 Å². The van der Waals surface area contributed by atoms with Crippen LogP contribution >= 0.6 is 0 Å². The fourth-order valence-corrected chi connectivity index (χ4v) is 2.89. The Kier molecular flexibility index (Phi) is 3.45. The van der Waals surface area contributed by atoms with Crippen molar-refractivity contribution in [3.05, 3.63) is 48.0 Å². The molecule has 1 fully saturated rings. The molecular formula is C17H19NO2. The second-order valence-electron chi connectivity index (χ2n) is 5.68. The van der Waals surface area contributed by atoms with E-state index in [0.717, 1.165) is 36.5 Å². The van der Waals surface area contributed by atoms with Crippen LogP contribution in [0.4, 0.5) is 0 Å². The van der Waals surface area contributed by atoms with Crippen LogP contribution in [0.3, 0.4) is 0 Å². The molecule has 0 atom stereocenters. The monoisotopic (exact) mass is 269 g/mol. The number of nitrogens with one attached hydrogen (secondary N) is 1. The SMILES string of the molecule is O=C(NCC1(O)CCCC1)c1ccc2ccccc2c1. The van der Waals surface area contributed by atoms with E-state index in [1.807, 2.05) is 42.5 Å². The summed E-state index contributed by atoms with van der Waals surface area (Å²) in [6.45, 7) is 0.346. The molecule has 3 heteroatoms. The van der Waals surface area contributed by atoms with Gasteiger partial charge in [0, 0.05) is 12.1 Å². The van der Waals surface area contributed by atoms with Gasteiger partial charge in [0.2, 0.25) is 0 Å². The van der Waals surface area contributed by atoms with Gasteiger partial charge in [-0.05, 0) is 35.7 Å². The molecule has 1 aliphatic rings. The minimum atomic E-state index is -0.702. The lowest BCUT2D eigenvalue weighted by molar-refractivity contribution is 0.0450. The zero-order valence-electron chi connectivity index (χ0n) is 11.4.